The molecule has 0 aliphatic carbocycles. The second-order valence-corrected chi connectivity index (χ2v) is 4.30. The molecular weight excluding hydrogens is 272 g/mol. The summed E-state index contributed by atoms with van der Waals surface area (Å²) >= 11 is 0. The second-order valence-electron chi connectivity index (χ2n) is 4.30. The van der Waals surface area contributed by atoms with E-state index in [2.05, 4.69) is 0 Å². The Hall–Kier alpha value is -2.17. The molecule has 2 rings (SSSR count). The van der Waals surface area contributed by atoms with Crippen molar-refractivity contribution < 1.29 is 22.4 Å². The van der Waals surface area contributed by atoms with Crippen LogP contribution < -0.4 is 0 Å². The van der Waals surface area contributed by atoms with Crippen LogP contribution in [0.25, 0.3) is 0 Å². The van der Waals surface area contributed by atoms with E-state index >= 15 is 0 Å². The average molecular weight is 282 g/mol. The molecule has 0 amide bonds. The summed E-state index contributed by atoms with van der Waals surface area (Å²) in [5.74, 6) is -0.829. The summed E-state index contributed by atoms with van der Waals surface area (Å²) < 4.78 is 50.4. The van der Waals surface area contributed by atoms with E-state index in [9.17, 15) is 22.4 Å². The summed E-state index contributed by atoms with van der Waals surface area (Å²) in [5, 5.41) is 0. The van der Waals surface area contributed by atoms with Gasteiger partial charge < -0.3 is 0 Å². The summed E-state index contributed by atoms with van der Waals surface area (Å²) in [4.78, 5) is 11.9. The molecule has 0 aliphatic heterocycles. The van der Waals surface area contributed by atoms with Gasteiger partial charge in [-0.3, -0.25) is 4.79 Å². The summed E-state index contributed by atoms with van der Waals surface area (Å²) in [6.07, 6.45) is -4.59. The highest BCUT2D eigenvalue weighted by Crippen LogP contribution is 2.29. The Morgan fingerprint density at radius 3 is 2.25 bits per heavy atom. The molecule has 0 unspecified atom stereocenters. The molecule has 0 fully saturated rings. The minimum Gasteiger partial charge on any atom is -0.294 e. The SMILES string of the molecule is O=C(Cc1cccc(C(F)(F)F)c1)c1ccc(F)cc1. The third-order valence-electron chi connectivity index (χ3n) is 2.79. The van der Waals surface area contributed by atoms with E-state index in [1.165, 1.54) is 24.3 Å². The van der Waals surface area contributed by atoms with E-state index in [1.54, 1.807) is 0 Å². The Labute approximate surface area is 112 Å². The van der Waals surface area contributed by atoms with Gasteiger partial charge in [0.25, 0.3) is 0 Å². The maximum absolute atomic E-state index is 12.7. The van der Waals surface area contributed by atoms with Crippen LogP contribution in [0.1, 0.15) is 21.5 Å². The van der Waals surface area contributed by atoms with Gasteiger partial charge in [0.1, 0.15) is 5.82 Å². The van der Waals surface area contributed by atoms with Gasteiger partial charge in [0.15, 0.2) is 5.78 Å². The van der Waals surface area contributed by atoms with Gasteiger partial charge in [-0.1, -0.05) is 18.2 Å². The Morgan fingerprint density at radius 1 is 1.00 bits per heavy atom. The molecule has 0 radical (unpaired) electrons. The van der Waals surface area contributed by atoms with Gasteiger partial charge in [0.05, 0.1) is 5.56 Å². The average Bonchev–Trinajstić information content (AvgIpc) is 2.38. The molecule has 1 nitrogen and oxygen atoms in total. The number of hydrogen-bond donors (Lipinski definition) is 0. The second kappa shape index (κ2) is 5.45. The monoisotopic (exact) mass is 282 g/mol. The zero-order valence-corrected chi connectivity index (χ0v) is 10.2. The minimum absolute atomic E-state index is 0.157. The predicted octanol–water partition coefficient (Wildman–Crippen LogP) is 4.27. The van der Waals surface area contributed by atoms with Crippen molar-refractivity contribution >= 4 is 5.78 Å². The number of Topliss-reactive ketones (excluding diaryl/α,β-unsaturated/α-hetero) is 1. The van der Waals surface area contributed by atoms with Crippen molar-refractivity contribution in [2.45, 2.75) is 12.6 Å². The summed E-state index contributed by atoms with van der Waals surface area (Å²) in [7, 11) is 0. The number of rotatable bonds is 3. The zero-order valence-electron chi connectivity index (χ0n) is 10.2. The van der Waals surface area contributed by atoms with E-state index in [4.69, 9.17) is 0 Å². The number of carbonyl (C=O) groups excluding carboxylic acids is 1. The highest BCUT2D eigenvalue weighted by molar-refractivity contribution is 5.97. The van der Waals surface area contributed by atoms with E-state index < -0.39 is 17.6 Å². The van der Waals surface area contributed by atoms with Crippen molar-refractivity contribution in [3.8, 4) is 0 Å². The molecule has 104 valence electrons. The number of ketones is 1. The molecule has 0 aromatic heterocycles. The van der Waals surface area contributed by atoms with Gasteiger partial charge in [-0.2, -0.15) is 13.2 Å². The lowest BCUT2D eigenvalue weighted by Gasteiger charge is -2.08. The smallest absolute Gasteiger partial charge is 0.294 e. The number of benzene rings is 2. The van der Waals surface area contributed by atoms with Crippen LogP contribution >= 0.6 is 0 Å². The number of hydrogen-bond acceptors (Lipinski definition) is 1. The Morgan fingerprint density at radius 2 is 1.65 bits per heavy atom. The first-order valence-corrected chi connectivity index (χ1v) is 5.81. The quantitative estimate of drug-likeness (QED) is 0.607. The van der Waals surface area contributed by atoms with E-state index in [0.717, 1.165) is 24.3 Å². The fourth-order valence-electron chi connectivity index (χ4n) is 1.78. The van der Waals surface area contributed by atoms with Crippen molar-refractivity contribution in [1.82, 2.24) is 0 Å². The number of halogens is 4. The lowest BCUT2D eigenvalue weighted by molar-refractivity contribution is -0.137. The van der Waals surface area contributed by atoms with Crippen LogP contribution in [0.3, 0.4) is 0 Å². The number of alkyl halides is 3. The fourth-order valence-corrected chi connectivity index (χ4v) is 1.78. The Bertz CT molecular complexity index is 615. The summed E-state index contributed by atoms with van der Waals surface area (Å²) in [5.41, 5.74) is -0.250. The first-order valence-electron chi connectivity index (χ1n) is 5.81. The third-order valence-corrected chi connectivity index (χ3v) is 2.79. The lowest BCUT2D eigenvalue weighted by Crippen LogP contribution is -2.08. The van der Waals surface area contributed by atoms with Crippen molar-refractivity contribution in [2.75, 3.05) is 0 Å². The van der Waals surface area contributed by atoms with E-state index in [1.807, 2.05) is 0 Å². The van der Waals surface area contributed by atoms with Crippen molar-refractivity contribution in [3.05, 3.63) is 71.0 Å². The molecule has 0 heterocycles. The third kappa shape index (κ3) is 3.44. The molecule has 5 heteroatoms. The van der Waals surface area contributed by atoms with Gasteiger partial charge in [0, 0.05) is 12.0 Å². The predicted molar refractivity (Wildman–Crippen MR) is 65.9 cm³/mol. The highest BCUT2D eigenvalue weighted by atomic mass is 19.4. The summed E-state index contributed by atoms with van der Waals surface area (Å²) in [6, 6.07) is 9.51. The fraction of sp³-hybridized carbons (Fsp3) is 0.133. The molecule has 0 aliphatic rings. The van der Waals surface area contributed by atoms with E-state index in [0.29, 0.717) is 0 Å². The van der Waals surface area contributed by atoms with Crippen LogP contribution in [0.15, 0.2) is 48.5 Å². The van der Waals surface area contributed by atoms with Crippen molar-refractivity contribution in [3.63, 3.8) is 0 Å². The molecule has 0 atom stereocenters. The van der Waals surface area contributed by atoms with Crippen LogP contribution in [0.4, 0.5) is 17.6 Å². The summed E-state index contributed by atoms with van der Waals surface area (Å²) in [6.45, 7) is 0. The van der Waals surface area contributed by atoms with E-state index in [-0.39, 0.29) is 23.3 Å². The molecule has 0 spiro atoms. The molecule has 0 bridgehead atoms. The van der Waals surface area contributed by atoms with Gasteiger partial charge in [-0.25, -0.2) is 4.39 Å². The maximum Gasteiger partial charge on any atom is 0.416 e. The van der Waals surface area contributed by atoms with Gasteiger partial charge in [-0.15, -0.1) is 0 Å². The first kappa shape index (κ1) is 14.2. The Balaban J connectivity index is 2.18. The van der Waals surface area contributed by atoms with Crippen LogP contribution in [0, 0.1) is 5.82 Å². The first-order chi connectivity index (χ1) is 9.36. The number of carbonyl (C=O) groups is 1. The van der Waals surface area contributed by atoms with Crippen LogP contribution in [0.5, 0.6) is 0 Å². The van der Waals surface area contributed by atoms with Crippen molar-refractivity contribution in [2.24, 2.45) is 0 Å². The topological polar surface area (TPSA) is 17.1 Å². The minimum atomic E-state index is -4.44. The maximum atomic E-state index is 12.7. The lowest BCUT2D eigenvalue weighted by atomic mass is 10.0. The van der Waals surface area contributed by atoms with Gasteiger partial charge >= 0.3 is 6.18 Å². The standard InChI is InChI=1S/C15H10F4O/c16-13-6-4-11(5-7-13)14(20)9-10-2-1-3-12(8-10)15(17,18)19/h1-8H,9H2. The molecule has 0 saturated carbocycles. The molecule has 0 N–H and O–H groups in total. The molecule has 20 heavy (non-hydrogen) atoms. The normalized spacial score (nSPS) is 11.4. The molecule has 0 saturated heterocycles. The Kier molecular flexibility index (Phi) is 3.88. The van der Waals surface area contributed by atoms with Gasteiger partial charge in [0.2, 0.25) is 0 Å². The van der Waals surface area contributed by atoms with Crippen molar-refractivity contribution in [1.29, 1.82) is 0 Å². The van der Waals surface area contributed by atoms with Crippen LogP contribution in [0.2, 0.25) is 0 Å². The highest BCUT2D eigenvalue weighted by Gasteiger charge is 2.30. The van der Waals surface area contributed by atoms with Crippen LogP contribution in [-0.4, -0.2) is 5.78 Å². The molecule has 2 aromatic rings. The largest absolute Gasteiger partial charge is 0.416 e. The molecule has 2 aromatic carbocycles. The zero-order chi connectivity index (χ0) is 14.8. The van der Waals surface area contributed by atoms with Gasteiger partial charge in [-0.05, 0) is 35.9 Å². The van der Waals surface area contributed by atoms with Crippen LogP contribution in [-0.2, 0) is 12.6 Å². The molecular formula is C15H10F4O.